The van der Waals surface area contributed by atoms with Crippen LogP contribution in [0.4, 0.5) is 0 Å². The fourth-order valence-electron chi connectivity index (χ4n) is 0.703. The molecule has 0 fully saturated rings. The van der Waals surface area contributed by atoms with Gasteiger partial charge in [-0.25, -0.2) is 0 Å². The summed E-state index contributed by atoms with van der Waals surface area (Å²) in [6, 6.07) is 0. The van der Waals surface area contributed by atoms with Gasteiger partial charge in [0.05, 0.1) is 0 Å². The van der Waals surface area contributed by atoms with Crippen LogP contribution in [0.25, 0.3) is 0 Å². The zero-order valence-corrected chi connectivity index (χ0v) is 8.63. The quantitative estimate of drug-likeness (QED) is 0.601. The Hall–Kier alpha value is 0.260. The largest absolute Gasteiger partial charge is 0.481 e. The second-order valence-electron chi connectivity index (χ2n) is 2.20. The second-order valence-corrected chi connectivity index (χ2v) is 2.20. The SMILES string of the molecule is CCCCCCC(=O)O.[Te]. The Labute approximate surface area is 78.7 Å². The number of unbranched alkanes of at least 4 members (excludes halogenated alkanes) is 3. The van der Waals surface area contributed by atoms with E-state index < -0.39 is 5.97 Å². The second kappa shape index (κ2) is 9.26. The van der Waals surface area contributed by atoms with Crippen molar-refractivity contribution in [1.29, 1.82) is 0 Å². The van der Waals surface area contributed by atoms with Crippen LogP contribution in [0.3, 0.4) is 0 Å². The summed E-state index contributed by atoms with van der Waals surface area (Å²) in [6.45, 7) is 2.11. The van der Waals surface area contributed by atoms with Crippen LogP contribution < -0.4 is 0 Å². The van der Waals surface area contributed by atoms with Crippen LogP contribution in [-0.4, -0.2) is 34.7 Å². The number of hydrogen-bond acceptors (Lipinski definition) is 1. The molecule has 1 N–H and O–H groups in total. The fraction of sp³-hybridized carbons (Fsp3) is 0.857. The molecule has 0 saturated heterocycles. The summed E-state index contributed by atoms with van der Waals surface area (Å²) in [5, 5.41) is 8.21. The van der Waals surface area contributed by atoms with Crippen LogP contribution in [0.2, 0.25) is 0 Å². The van der Waals surface area contributed by atoms with Gasteiger partial charge in [-0.15, -0.1) is 0 Å². The smallest absolute Gasteiger partial charge is 0.303 e. The third-order valence-electron chi connectivity index (χ3n) is 1.24. The van der Waals surface area contributed by atoms with Crippen molar-refractivity contribution in [3.05, 3.63) is 0 Å². The van der Waals surface area contributed by atoms with E-state index >= 15 is 0 Å². The van der Waals surface area contributed by atoms with E-state index in [4.69, 9.17) is 5.11 Å². The van der Waals surface area contributed by atoms with Gasteiger partial charge in [-0.3, -0.25) is 4.79 Å². The maximum Gasteiger partial charge on any atom is 0.303 e. The van der Waals surface area contributed by atoms with Gasteiger partial charge in [-0.1, -0.05) is 26.2 Å². The number of hydrogen-bond donors (Lipinski definition) is 1. The third-order valence-corrected chi connectivity index (χ3v) is 1.24. The van der Waals surface area contributed by atoms with E-state index in [1.165, 1.54) is 6.42 Å². The molecule has 60 valence electrons. The molecule has 0 aromatic carbocycles. The van der Waals surface area contributed by atoms with Gasteiger partial charge in [0.2, 0.25) is 0 Å². The van der Waals surface area contributed by atoms with Crippen LogP contribution in [0.1, 0.15) is 39.0 Å². The van der Waals surface area contributed by atoms with E-state index in [2.05, 4.69) is 6.92 Å². The summed E-state index contributed by atoms with van der Waals surface area (Å²) in [5.74, 6) is -0.675. The molecular formula is C7H14O2Te. The minimum Gasteiger partial charge on any atom is -0.481 e. The molecule has 0 atom stereocenters. The fourth-order valence-corrected chi connectivity index (χ4v) is 0.703. The van der Waals surface area contributed by atoms with Crippen LogP contribution in [0.5, 0.6) is 0 Å². The maximum absolute atomic E-state index is 9.96. The summed E-state index contributed by atoms with van der Waals surface area (Å²) >= 11 is 0. The molecule has 0 aromatic heterocycles. The first-order chi connectivity index (χ1) is 4.27. The molecule has 0 unspecified atom stereocenters. The minimum absolute atomic E-state index is 0. The third kappa shape index (κ3) is 11.1. The molecular weight excluding hydrogens is 244 g/mol. The predicted octanol–water partition coefficient (Wildman–Crippen LogP) is 1.66. The van der Waals surface area contributed by atoms with Gasteiger partial charge >= 0.3 is 5.97 Å². The molecule has 0 aliphatic rings. The molecule has 0 heterocycles. The Morgan fingerprint density at radius 3 is 2.30 bits per heavy atom. The van der Waals surface area contributed by atoms with Gasteiger partial charge in [0, 0.05) is 30.1 Å². The zero-order chi connectivity index (χ0) is 7.11. The minimum atomic E-state index is -0.675. The van der Waals surface area contributed by atoms with E-state index in [1.807, 2.05) is 0 Å². The van der Waals surface area contributed by atoms with Crippen LogP contribution in [0.15, 0.2) is 0 Å². The summed E-state index contributed by atoms with van der Waals surface area (Å²) in [6.07, 6.45) is 4.55. The first-order valence-corrected chi connectivity index (χ1v) is 3.49. The van der Waals surface area contributed by atoms with Gasteiger partial charge in [0.1, 0.15) is 0 Å². The molecule has 3 heteroatoms. The van der Waals surface area contributed by atoms with Gasteiger partial charge < -0.3 is 5.11 Å². The van der Waals surface area contributed by atoms with Crippen LogP contribution in [0, 0.1) is 0 Å². The van der Waals surface area contributed by atoms with Crippen molar-refractivity contribution in [2.24, 2.45) is 0 Å². The molecule has 2 nitrogen and oxygen atoms in total. The molecule has 0 aromatic rings. The Morgan fingerprint density at radius 1 is 1.30 bits per heavy atom. The van der Waals surface area contributed by atoms with Gasteiger partial charge in [0.25, 0.3) is 0 Å². The van der Waals surface area contributed by atoms with Crippen molar-refractivity contribution >= 4 is 29.6 Å². The van der Waals surface area contributed by atoms with Crippen molar-refractivity contribution in [2.75, 3.05) is 0 Å². The summed E-state index contributed by atoms with van der Waals surface area (Å²) in [4.78, 5) is 9.96. The van der Waals surface area contributed by atoms with Crippen molar-refractivity contribution in [3.8, 4) is 0 Å². The maximum atomic E-state index is 9.96. The van der Waals surface area contributed by atoms with Crippen molar-refractivity contribution in [1.82, 2.24) is 0 Å². The molecule has 0 rings (SSSR count). The Bertz CT molecular complexity index is 83.7. The molecule has 2 radical (unpaired) electrons. The van der Waals surface area contributed by atoms with E-state index in [1.54, 1.807) is 0 Å². The first-order valence-electron chi connectivity index (χ1n) is 3.49. The van der Waals surface area contributed by atoms with Gasteiger partial charge in [-0.05, 0) is 6.42 Å². The summed E-state index contributed by atoms with van der Waals surface area (Å²) in [5.41, 5.74) is 0. The Morgan fingerprint density at radius 2 is 1.90 bits per heavy atom. The Balaban J connectivity index is 0. The van der Waals surface area contributed by atoms with Crippen molar-refractivity contribution < 1.29 is 9.90 Å². The van der Waals surface area contributed by atoms with E-state index in [0.717, 1.165) is 19.3 Å². The number of aliphatic carboxylic acids is 1. The number of carbonyl (C=O) groups is 1. The van der Waals surface area contributed by atoms with Crippen molar-refractivity contribution in [2.45, 2.75) is 39.0 Å². The summed E-state index contributed by atoms with van der Waals surface area (Å²) < 4.78 is 0. The molecule has 0 aliphatic heterocycles. The van der Waals surface area contributed by atoms with Crippen LogP contribution >= 0.6 is 0 Å². The molecule has 0 spiro atoms. The first kappa shape index (κ1) is 12.9. The molecule has 0 bridgehead atoms. The zero-order valence-electron chi connectivity index (χ0n) is 6.30. The molecule has 0 amide bonds. The number of rotatable bonds is 5. The van der Waals surface area contributed by atoms with E-state index in [0.29, 0.717) is 6.42 Å². The number of carboxylic acid groups (broad SMARTS) is 1. The standard InChI is InChI=1S/C7H14O2.Te/c1-2-3-4-5-6-7(8)9;/h2-6H2,1H3,(H,8,9);. The molecule has 0 saturated carbocycles. The van der Waals surface area contributed by atoms with E-state index in [-0.39, 0.29) is 23.7 Å². The van der Waals surface area contributed by atoms with Crippen molar-refractivity contribution in [3.63, 3.8) is 0 Å². The predicted molar refractivity (Wildman–Crippen MR) is 42.1 cm³/mol. The average molecular weight is 258 g/mol. The molecule has 0 aliphatic carbocycles. The van der Waals surface area contributed by atoms with Crippen LogP contribution in [-0.2, 0) is 4.79 Å². The summed E-state index contributed by atoms with van der Waals surface area (Å²) in [7, 11) is 0. The molecule has 10 heavy (non-hydrogen) atoms. The normalized spacial score (nSPS) is 8.50. The monoisotopic (exact) mass is 260 g/mol. The number of carboxylic acids is 1. The van der Waals surface area contributed by atoms with Gasteiger partial charge in [0.15, 0.2) is 0 Å². The average Bonchev–Trinajstić information content (AvgIpc) is 1.80. The van der Waals surface area contributed by atoms with Gasteiger partial charge in [-0.2, -0.15) is 0 Å². The Kier molecular flexibility index (Phi) is 11.9. The topological polar surface area (TPSA) is 37.3 Å². The van der Waals surface area contributed by atoms with E-state index in [9.17, 15) is 4.79 Å².